The molecule has 0 radical (unpaired) electrons. The highest BCUT2D eigenvalue weighted by molar-refractivity contribution is 5.89. The number of aryl methyl sites for hydroxylation is 1. The first-order chi connectivity index (χ1) is 7.74. The van der Waals surface area contributed by atoms with Gasteiger partial charge in [-0.25, -0.2) is 4.79 Å². The number of carbonyl (C=O) groups excluding carboxylic acids is 1. The summed E-state index contributed by atoms with van der Waals surface area (Å²) in [6.45, 7) is 4.50. The molecular formula is C13H18O3. The number of unbranched alkanes of at least 4 members (excludes halogenated alkanes) is 2. The summed E-state index contributed by atoms with van der Waals surface area (Å²) in [5.41, 5.74) is 1.55. The Balaban J connectivity index is 2.30. The van der Waals surface area contributed by atoms with E-state index in [9.17, 15) is 4.79 Å². The van der Waals surface area contributed by atoms with Crippen LogP contribution in [-0.2, 0) is 9.78 Å². The lowest BCUT2D eigenvalue weighted by Gasteiger charge is -2.03. The van der Waals surface area contributed by atoms with Crippen molar-refractivity contribution in [2.75, 3.05) is 6.61 Å². The first-order valence-corrected chi connectivity index (χ1v) is 5.64. The molecule has 0 bridgehead atoms. The minimum Gasteiger partial charge on any atom is -0.293 e. The molecule has 0 spiro atoms. The van der Waals surface area contributed by atoms with Gasteiger partial charge >= 0.3 is 5.97 Å². The standard InChI is InChI=1S/C13H18O3/c1-3-4-5-9-15-16-13(14)12-8-6-7-11(2)10-12/h6-8,10H,3-5,9H2,1-2H3. The highest BCUT2D eigenvalue weighted by atomic mass is 17.2. The molecule has 0 saturated carbocycles. The van der Waals surface area contributed by atoms with E-state index in [-0.39, 0.29) is 0 Å². The zero-order valence-electron chi connectivity index (χ0n) is 9.86. The third-order valence-electron chi connectivity index (χ3n) is 2.22. The fourth-order valence-electron chi connectivity index (χ4n) is 1.33. The van der Waals surface area contributed by atoms with E-state index in [1.54, 1.807) is 12.1 Å². The smallest absolute Gasteiger partial charge is 0.293 e. The van der Waals surface area contributed by atoms with Gasteiger partial charge in [-0.15, -0.1) is 0 Å². The van der Waals surface area contributed by atoms with Crippen LogP contribution in [-0.4, -0.2) is 12.6 Å². The summed E-state index contributed by atoms with van der Waals surface area (Å²) < 4.78 is 0. The van der Waals surface area contributed by atoms with Crippen LogP contribution < -0.4 is 0 Å². The normalized spacial score (nSPS) is 10.1. The van der Waals surface area contributed by atoms with Gasteiger partial charge in [0, 0.05) is 0 Å². The molecule has 0 heterocycles. The molecule has 1 rings (SSSR count). The summed E-state index contributed by atoms with van der Waals surface area (Å²) in [6, 6.07) is 7.24. The first kappa shape index (κ1) is 12.7. The second kappa shape index (κ2) is 7.01. The second-order valence-corrected chi connectivity index (χ2v) is 3.77. The van der Waals surface area contributed by atoms with E-state index in [0.717, 1.165) is 24.8 Å². The van der Waals surface area contributed by atoms with E-state index in [0.29, 0.717) is 12.2 Å². The summed E-state index contributed by atoms with van der Waals surface area (Å²) in [7, 11) is 0. The Kier molecular flexibility index (Phi) is 5.57. The Bertz CT molecular complexity index is 334. The summed E-state index contributed by atoms with van der Waals surface area (Å²) in [5.74, 6) is -0.430. The zero-order valence-corrected chi connectivity index (χ0v) is 9.86. The summed E-state index contributed by atoms with van der Waals surface area (Å²) >= 11 is 0. The molecule has 0 aliphatic carbocycles. The van der Waals surface area contributed by atoms with Gasteiger partial charge in [0.1, 0.15) is 0 Å². The van der Waals surface area contributed by atoms with E-state index in [1.165, 1.54) is 0 Å². The van der Waals surface area contributed by atoms with Crippen LogP contribution >= 0.6 is 0 Å². The molecule has 1 aromatic rings. The predicted molar refractivity (Wildman–Crippen MR) is 62.1 cm³/mol. The van der Waals surface area contributed by atoms with Gasteiger partial charge in [0.05, 0.1) is 12.2 Å². The number of carbonyl (C=O) groups is 1. The molecule has 3 heteroatoms. The van der Waals surface area contributed by atoms with E-state index in [2.05, 4.69) is 6.92 Å². The average Bonchev–Trinajstić information content (AvgIpc) is 2.28. The Labute approximate surface area is 96.3 Å². The third kappa shape index (κ3) is 4.45. The van der Waals surface area contributed by atoms with Crippen LogP contribution in [0.5, 0.6) is 0 Å². The lowest BCUT2D eigenvalue weighted by molar-refractivity contribution is -0.241. The minimum absolute atomic E-state index is 0.430. The molecule has 16 heavy (non-hydrogen) atoms. The van der Waals surface area contributed by atoms with Crippen molar-refractivity contribution in [3.63, 3.8) is 0 Å². The molecule has 0 saturated heterocycles. The van der Waals surface area contributed by atoms with E-state index in [1.807, 2.05) is 19.1 Å². The van der Waals surface area contributed by atoms with Crippen molar-refractivity contribution >= 4 is 5.97 Å². The van der Waals surface area contributed by atoms with Gasteiger partial charge in [0.2, 0.25) is 0 Å². The molecule has 0 aromatic heterocycles. The van der Waals surface area contributed by atoms with Crippen molar-refractivity contribution in [2.24, 2.45) is 0 Å². The molecule has 88 valence electrons. The number of hydrogen-bond acceptors (Lipinski definition) is 3. The lowest BCUT2D eigenvalue weighted by Crippen LogP contribution is -2.07. The Hall–Kier alpha value is -1.35. The van der Waals surface area contributed by atoms with E-state index >= 15 is 0 Å². The van der Waals surface area contributed by atoms with E-state index in [4.69, 9.17) is 9.78 Å². The largest absolute Gasteiger partial charge is 0.373 e. The first-order valence-electron chi connectivity index (χ1n) is 5.64. The van der Waals surface area contributed by atoms with Gasteiger partial charge in [-0.3, -0.25) is 4.89 Å². The highest BCUT2D eigenvalue weighted by Gasteiger charge is 2.07. The van der Waals surface area contributed by atoms with Crippen LogP contribution in [0.1, 0.15) is 42.1 Å². The van der Waals surface area contributed by atoms with Crippen LogP contribution in [0.15, 0.2) is 24.3 Å². The topological polar surface area (TPSA) is 35.5 Å². The Morgan fingerprint density at radius 2 is 2.12 bits per heavy atom. The van der Waals surface area contributed by atoms with Gasteiger partial charge in [-0.1, -0.05) is 37.5 Å². The monoisotopic (exact) mass is 222 g/mol. The van der Waals surface area contributed by atoms with Crippen molar-refractivity contribution in [1.82, 2.24) is 0 Å². The minimum atomic E-state index is -0.430. The molecule has 0 amide bonds. The van der Waals surface area contributed by atoms with Gasteiger partial charge in [0.25, 0.3) is 0 Å². The molecule has 0 atom stereocenters. The Morgan fingerprint density at radius 3 is 2.81 bits per heavy atom. The van der Waals surface area contributed by atoms with Crippen molar-refractivity contribution in [1.29, 1.82) is 0 Å². The maximum Gasteiger partial charge on any atom is 0.373 e. The van der Waals surface area contributed by atoms with Crippen molar-refractivity contribution in [3.05, 3.63) is 35.4 Å². The second-order valence-electron chi connectivity index (χ2n) is 3.77. The van der Waals surface area contributed by atoms with Gasteiger partial charge in [-0.2, -0.15) is 4.89 Å². The number of benzene rings is 1. The fraction of sp³-hybridized carbons (Fsp3) is 0.462. The number of rotatable bonds is 6. The molecule has 0 fully saturated rings. The lowest BCUT2D eigenvalue weighted by atomic mass is 10.1. The van der Waals surface area contributed by atoms with Crippen LogP contribution in [0.25, 0.3) is 0 Å². The molecule has 1 aromatic carbocycles. The van der Waals surface area contributed by atoms with Crippen molar-refractivity contribution < 1.29 is 14.6 Å². The predicted octanol–water partition coefficient (Wildman–Crippen LogP) is 3.27. The van der Waals surface area contributed by atoms with Crippen molar-refractivity contribution in [2.45, 2.75) is 33.1 Å². The maximum atomic E-state index is 11.5. The van der Waals surface area contributed by atoms with Crippen molar-refractivity contribution in [3.8, 4) is 0 Å². The van der Waals surface area contributed by atoms with Crippen LogP contribution in [0.2, 0.25) is 0 Å². The molecule has 3 nitrogen and oxygen atoms in total. The van der Waals surface area contributed by atoms with Crippen LogP contribution in [0, 0.1) is 6.92 Å². The quantitative estimate of drug-likeness (QED) is 0.421. The maximum absolute atomic E-state index is 11.5. The van der Waals surface area contributed by atoms with Gasteiger partial charge < -0.3 is 0 Å². The average molecular weight is 222 g/mol. The molecule has 0 aliphatic heterocycles. The molecule has 0 N–H and O–H groups in total. The fourth-order valence-corrected chi connectivity index (χ4v) is 1.33. The van der Waals surface area contributed by atoms with Crippen LogP contribution in [0.4, 0.5) is 0 Å². The van der Waals surface area contributed by atoms with Gasteiger partial charge in [0.15, 0.2) is 0 Å². The summed E-state index contributed by atoms with van der Waals surface area (Å²) in [4.78, 5) is 21.0. The third-order valence-corrected chi connectivity index (χ3v) is 2.22. The highest BCUT2D eigenvalue weighted by Crippen LogP contribution is 2.06. The molecular weight excluding hydrogens is 204 g/mol. The van der Waals surface area contributed by atoms with Gasteiger partial charge in [-0.05, 0) is 25.5 Å². The summed E-state index contributed by atoms with van der Waals surface area (Å²) in [5, 5.41) is 0. The number of hydrogen-bond donors (Lipinski definition) is 0. The Morgan fingerprint density at radius 1 is 1.31 bits per heavy atom. The summed E-state index contributed by atoms with van der Waals surface area (Å²) in [6.07, 6.45) is 3.12. The molecule has 0 aliphatic rings. The SMILES string of the molecule is CCCCCOOC(=O)c1cccc(C)c1. The zero-order chi connectivity index (χ0) is 11.8. The molecule has 0 unspecified atom stereocenters. The van der Waals surface area contributed by atoms with E-state index < -0.39 is 5.97 Å². The van der Waals surface area contributed by atoms with Crippen LogP contribution in [0.3, 0.4) is 0 Å².